The van der Waals surface area contributed by atoms with E-state index in [2.05, 4.69) is 19.9 Å². The molecule has 0 radical (unpaired) electrons. The summed E-state index contributed by atoms with van der Waals surface area (Å²) >= 11 is 0. The Morgan fingerprint density at radius 3 is 2.95 bits per heavy atom. The summed E-state index contributed by atoms with van der Waals surface area (Å²) in [7, 11) is 0. The first-order valence-corrected chi connectivity index (χ1v) is 6.07. The van der Waals surface area contributed by atoms with Gasteiger partial charge in [-0.05, 0) is 12.1 Å². The number of carbonyl (C=O) groups is 1. The number of nitrogens with two attached hydrogens (primary N) is 2. The van der Waals surface area contributed by atoms with Crippen molar-refractivity contribution in [2.75, 3.05) is 5.73 Å². The zero-order valence-electron chi connectivity index (χ0n) is 10.9. The Kier molecular flexibility index (Phi) is 3.16. The van der Waals surface area contributed by atoms with Crippen molar-refractivity contribution >= 4 is 22.9 Å². The summed E-state index contributed by atoms with van der Waals surface area (Å²) in [6, 6.07) is 5.11. The molecule has 1 amide bonds. The van der Waals surface area contributed by atoms with Crippen molar-refractivity contribution in [2.24, 2.45) is 5.84 Å². The van der Waals surface area contributed by atoms with Crippen LogP contribution in [0.2, 0.25) is 0 Å². The molecule has 3 heterocycles. The van der Waals surface area contributed by atoms with Gasteiger partial charge in [-0.3, -0.25) is 10.2 Å². The highest BCUT2D eigenvalue weighted by Crippen LogP contribution is 2.15. The normalized spacial score (nSPS) is 10.7. The van der Waals surface area contributed by atoms with E-state index < -0.39 is 5.91 Å². The first-order valence-electron chi connectivity index (χ1n) is 6.07. The van der Waals surface area contributed by atoms with Gasteiger partial charge in [0.05, 0.1) is 18.6 Å². The SMILES string of the molecule is NNC(=O)c1cccc(Cn2cnc3c(N)ncnc32)n1. The van der Waals surface area contributed by atoms with Crippen LogP contribution in [0, 0.1) is 0 Å². The molecule has 3 aromatic rings. The number of carbonyl (C=O) groups excluding carboxylic acids is 1. The Bertz CT molecular complexity index is 812. The fourth-order valence-corrected chi connectivity index (χ4v) is 1.96. The highest BCUT2D eigenvalue weighted by atomic mass is 16.2. The van der Waals surface area contributed by atoms with E-state index in [-0.39, 0.29) is 5.69 Å². The van der Waals surface area contributed by atoms with E-state index in [1.807, 2.05) is 5.43 Å². The molecule has 0 aliphatic heterocycles. The molecule has 3 aromatic heterocycles. The molecule has 0 bridgehead atoms. The quantitative estimate of drug-likeness (QED) is 0.333. The summed E-state index contributed by atoms with van der Waals surface area (Å²) in [5, 5.41) is 0. The molecule has 0 aliphatic carbocycles. The maximum atomic E-state index is 11.5. The van der Waals surface area contributed by atoms with Gasteiger partial charge >= 0.3 is 0 Å². The Morgan fingerprint density at radius 1 is 1.29 bits per heavy atom. The van der Waals surface area contributed by atoms with Crippen LogP contribution in [0.25, 0.3) is 11.2 Å². The van der Waals surface area contributed by atoms with E-state index in [0.717, 1.165) is 0 Å². The van der Waals surface area contributed by atoms with Gasteiger partial charge in [-0.1, -0.05) is 6.07 Å². The van der Waals surface area contributed by atoms with Crippen molar-refractivity contribution in [3.63, 3.8) is 0 Å². The van der Waals surface area contributed by atoms with Gasteiger partial charge in [0.25, 0.3) is 5.91 Å². The fourth-order valence-electron chi connectivity index (χ4n) is 1.96. The van der Waals surface area contributed by atoms with Gasteiger partial charge < -0.3 is 10.3 Å². The molecule has 0 saturated carbocycles. The highest BCUT2D eigenvalue weighted by Gasteiger charge is 2.10. The molecule has 0 fully saturated rings. The van der Waals surface area contributed by atoms with Gasteiger partial charge in [0, 0.05) is 0 Å². The molecular weight excluding hydrogens is 272 g/mol. The molecule has 3 rings (SSSR count). The van der Waals surface area contributed by atoms with E-state index in [1.54, 1.807) is 29.1 Å². The van der Waals surface area contributed by atoms with Gasteiger partial charge in [0.2, 0.25) is 0 Å². The minimum absolute atomic E-state index is 0.244. The van der Waals surface area contributed by atoms with Gasteiger partial charge in [-0.25, -0.2) is 25.8 Å². The average Bonchev–Trinajstić information content (AvgIpc) is 2.91. The van der Waals surface area contributed by atoms with E-state index in [1.165, 1.54) is 6.33 Å². The molecule has 5 N–H and O–H groups in total. The second-order valence-electron chi connectivity index (χ2n) is 4.29. The number of fused-ring (bicyclic) bond motifs is 1. The number of hydrogen-bond donors (Lipinski definition) is 3. The van der Waals surface area contributed by atoms with Crippen LogP contribution in [0.15, 0.2) is 30.9 Å². The minimum Gasteiger partial charge on any atom is -0.382 e. The highest BCUT2D eigenvalue weighted by molar-refractivity contribution is 5.91. The van der Waals surface area contributed by atoms with Crippen LogP contribution >= 0.6 is 0 Å². The van der Waals surface area contributed by atoms with E-state index in [4.69, 9.17) is 11.6 Å². The molecule has 9 heteroatoms. The third-order valence-corrected chi connectivity index (χ3v) is 2.93. The molecular formula is C12H12N8O. The van der Waals surface area contributed by atoms with Crippen LogP contribution in [0.4, 0.5) is 5.82 Å². The van der Waals surface area contributed by atoms with Crippen LogP contribution in [0.5, 0.6) is 0 Å². The summed E-state index contributed by atoms with van der Waals surface area (Å²) in [6.45, 7) is 0.401. The molecule has 0 atom stereocenters. The van der Waals surface area contributed by atoms with Crippen molar-refractivity contribution in [1.29, 1.82) is 0 Å². The zero-order chi connectivity index (χ0) is 14.8. The van der Waals surface area contributed by atoms with E-state index in [0.29, 0.717) is 29.2 Å². The summed E-state index contributed by atoms with van der Waals surface area (Å²) in [4.78, 5) is 27.9. The summed E-state index contributed by atoms with van der Waals surface area (Å²) in [6.07, 6.45) is 2.98. The van der Waals surface area contributed by atoms with Gasteiger partial charge in [-0.15, -0.1) is 0 Å². The Labute approximate surface area is 119 Å². The monoisotopic (exact) mass is 284 g/mol. The molecule has 9 nitrogen and oxygen atoms in total. The van der Waals surface area contributed by atoms with Crippen molar-refractivity contribution in [2.45, 2.75) is 6.54 Å². The van der Waals surface area contributed by atoms with Gasteiger partial charge in [0.15, 0.2) is 11.5 Å². The number of pyridine rings is 1. The number of amides is 1. The van der Waals surface area contributed by atoms with Crippen LogP contribution in [0.3, 0.4) is 0 Å². The lowest BCUT2D eigenvalue weighted by Crippen LogP contribution is -2.30. The number of aromatic nitrogens is 5. The third kappa shape index (κ3) is 2.37. The number of nitrogens with one attached hydrogen (secondary N) is 1. The van der Waals surface area contributed by atoms with Gasteiger partial charge in [-0.2, -0.15) is 0 Å². The first kappa shape index (κ1) is 12.9. The summed E-state index contributed by atoms with van der Waals surface area (Å²) < 4.78 is 1.78. The number of rotatable bonds is 3. The van der Waals surface area contributed by atoms with Crippen molar-refractivity contribution < 1.29 is 4.79 Å². The van der Waals surface area contributed by atoms with E-state index in [9.17, 15) is 4.79 Å². The lowest BCUT2D eigenvalue weighted by molar-refractivity contribution is 0.0948. The van der Waals surface area contributed by atoms with Gasteiger partial charge in [0.1, 0.15) is 17.5 Å². The minimum atomic E-state index is -0.445. The maximum absolute atomic E-state index is 11.5. The number of hydrogen-bond acceptors (Lipinski definition) is 7. The number of imidazole rings is 1. The fraction of sp³-hybridized carbons (Fsp3) is 0.0833. The first-order chi connectivity index (χ1) is 10.2. The second-order valence-corrected chi connectivity index (χ2v) is 4.29. The molecule has 0 saturated heterocycles. The lowest BCUT2D eigenvalue weighted by atomic mass is 10.3. The van der Waals surface area contributed by atoms with E-state index >= 15 is 0 Å². The lowest BCUT2D eigenvalue weighted by Gasteiger charge is -2.05. The van der Waals surface area contributed by atoms with Crippen LogP contribution < -0.4 is 17.0 Å². The molecule has 106 valence electrons. The molecule has 21 heavy (non-hydrogen) atoms. The summed E-state index contributed by atoms with van der Waals surface area (Å²) in [5.41, 5.74) is 9.84. The number of hydrazine groups is 1. The molecule has 0 spiro atoms. The standard InChI is InChI=1S/C12H12N8O/c13-10-9-11(16-5-15-10)20(6-17-9)4-7-2-1-3-8(18-7)12(21)19-14/h1-3,5-6H,4,14H2,(H,19,21)(H2,13,15,16). The molecule has 0 unspecified atom stereocenters. The van der Waals surface area contributed by atoms with Crippen LogP contribution in [-0.2, 0) is 6.54 Å². The number of anilines is 1. The van der Waals surface area contributed by atoms with Crippen molar-refractivity contribution in [3.8, 4) is 0 Å². The maximum Gasteiger partial charge on any atom is 0.283 e. The largest absolute Gasteiger partial charge is 0.382 e. The number of nitrogens with zero attached hydrogens (tertiary/aromatic N) is 5. The number of nitrogen functional groups attached to an aromatic ring is 2. The van der Waals surface area contributed by atoms with Crippen LogP contribution in [-0.4, -0.2) is 30.4 Å². The summed E-state index contributed by atoms with van der Waals surface area (Å²) in [5.74, 6) is 4.97. The van der Waals surface area contributed by atoms with Crippen molar-refractivity contribution in [3.05, 3.63) is 42.2 Å². The molecule has 0 aromatic carbocycles. The average molecular weight is 284 g/mol. The Morgan fingerprint density at radius 2 is 2.14 bits per heavy atom. The van der Waals surface area contributed by atoms with Crippen molar-refractivity contribution in [1.82, 2.24) is 29.9 Å². The molecule has 0 aliphatic rings. The Hall–Kier alpha value is -3.07. The second kappa shape index (κ2) is 5.13. The predicted octanol–water partition coefficient (Wildman–Crippen LogP) is -0.545. The third-order valence-electron chi connectivity index (χ3n) is 2.93. The smallest absolute Gasteiger partial charge is 0.283 e. The Balaban J connectivity index is 1.95. The van der Waals surface area contributed by atoms with Crippen LogP contribution in [0.1, 0.15) is 16.2 Å². The topological polar surface area (TPSA) is 138 Å². The predicted molar refractivity (Wildman–Crippen MR) is 74.7 cm³/mol. The zero-order valence-corrected chi connectivity index (χ0v) is 10.9.